The van der Waals surface area contributed by atoms with Crippen molar-refractivity contribution in [2.24, 2.45) is 0 Å². The summed E-state index contributed by atoms with van der Waals surface area (Å²) in [5.41, 5.74) is 7.74. The molecule has 2 aromatic rings. The quantitative estimate of drug-likeness (QED) is 0.790. The van der Waals surface area contributed by atoms with Crippen molar-refractivity contribution in [2.75, 3.05) is 12.8 Å². The number of hydrogen-bond acceptors (Lipinski definition) is 5. The Labute approximate surface area is 87.0 Å². The fraction of sp³-hybridized carbons (Fsp3) is 0.100. The minimum absolute atomic E-state index is 0.442. The number of pyridine rings is 1. The molecule has 0 saturated heterocycles. The summed E-state index contributed by atoms with van der Waals surface area (Å²) < 4.78 is 5.10. The van der Waals surface area contributed by atoms with Crippen molar-refractivity contribution in [3.05, 3.63) is 30.9 Å². The largest absolute Gasteiger partial charge is 0.479 e. The first-order valence-corrected chi connectivity index (χ1v) is 4.38. The van der Waals surface area contributed by atoms with Gasteiger partial charge in [-0.2, -0.15) is 0 Å². The minimum Gasteiger partial charge on any atom is -0.479 e. The molecule has 0 aliphatic rings. The van der Waals surface area contributed by atoms with E-state index in [1.165, 1.54) is 0 Å². The highest BCUT2D eigenvalue weighted by Gasteiger charge is 2.10. The maximum Gasteiger partial charge on any atom is 0.240 e. The fourth-order valence-corrected chi connectivity index (χ4v) is 1.26. The van der Waals surface area contributed by atoms with E-state index >= 15 is 0 Å². The van der Waals surface area contributed by atoms with Crippen molar-refractivity contribution in [2.45, 2.75) is 0 Å². The van der Waals surface area contributed by atoms with Crippen LogP contribution in [0.3, 0.4) is 0 Å². The molecule has 0 fully saturated rings. The standard InChI is InChI=1S/C10H10N4O/c1-15-10-9(13-4-5-14-10)7-6-12-3-2-8(7)11/h2-6H,1H3,(H2,11,12). The summed E-state index contributed by atoms with van der Waals surface area (Å²) in [5, 5.41) is 0. The molecule has 0 aromatic carbocycles. The molecule has 2 heterocycles. The first-order valence-electron chi connectivity index (χ1n) is 4.38. The van der Waals surface area contributed by atoms with Crippen LogP contribution in [-0.4, -0.2) is 22.1 Å². The molecule has 2 aromatic heterocycles. The lowest BCUT2D eigenvalue weighted by Gasteiger charge is -2.07. The number of methoxy groups -OCH3 is 1. The van der Waals surface area contributed by atoms with Gasteiger partial charge in [-0.15, -0.1) is 0 Å². The summed E-state index contributed by atoms with van der Waals surface area (Å²) in [6.07, 6.45) is 6.42. The van der Waals surface area contributed by atoms with Gasteiger partial charge in [0.1, 0.15) is 5.69 Å². The molecule has 0 aliphatic carbocycles. The van der Waals surface area contributed by atoms with E-state index in [0.29, 0.717) is 17.3 Å². The second-order valence-electron chi connectivity index (χ2n) is 2.88. The SMILES string of the molecule is COc1nccnc1-c1cnccc1N. The van der Waals surface area contributed by atoms with Crippen molar-refractivity contribution in [1.82, 2.24) is 15.0 Å². The number of nitrogens with two attached hydrogens (primary N) is 1. The summed E-state index contributed by atoms with van der Waals surface area (Å²) >= 11 is 0. The Morgan fingerprint density at radius 2 is 2.00 bits per heavy atom. The third-order valence-corrected chi connectivity index (χ3v) is 1.97. The summed E-state index contributed by atoms with van der Waals surface area (Å²) in [4.78, 5) is 12.2. The van der Waals surface area contributed by atoms with E-state index in [-0.39, 0.29) is 0 Å². The Morgan fingerprint density at radius 3 is 2.73 bits per heavy atom. The van der Waals surface area contributed by atoms with Crippen LogP contribution < -0.4 is 10.5 Å². The third-order valence-electron chi connectivity index (χ3n) is 1.97. The number of anilines is 1. The zero-order chi connectivity index (χ0) is 10.7. The minimum atomic E-state index is 0.442. The molecular weight excluding hydrogens is 192 g/mol. The van der Waals surface area contributed by atoms with Crippen LogP contribution in [0.4, 0.5) is 5.69 Å². The van der Waals surface area contributed by atoms with E-state index in [4.69, 9.17) is 10.5 Å². The van der Waals surface area contributed by atoms with Gasteiger partial charge in [0.05, 0.1) is 7.11 Å². The van der Waals surface area contributed by atoms with Gasteiger partial charge < -0.3 is 10.5 Å². The molecular formula is C10H10N4O. The number of nitrogens with zero attached hydrogens (tertiary/aromatic N) is 3. The third kappa shape index (κ3) is 1.71. The lowest BCUT2D eigenvalue weighted by Crippen LogP contribution is -1.97. The van der Waals surface area contributed by atoms with Gasteiger partial charge >= 0.3 is 0 Å². The van der Waals surface area contributed by atoms with Gasteiger partial charge in [-0.1, -0.05) is 0 Å². The lowest BCUT2D eigenvalue weighted by molar-refractivity contribution is 0.398. The van der Waals surface area contributed by atoms with Crippen LogP contribution in [-0.2, 0) is 0 Å². The van der Waals surface area contributed by atoms with Gasteiger partial charge in [0.2, 0.25) is 5.88 Å². The van der Waals surface area contributed by atoms with Crippen LogP contribution in [0.15, 0.2) is 30.9 Å². The molecule has 0 radical (unpaired) electrons. The molecule has 5 nitrogen and oxygen atoms in total. The Bertz CT molecular complexity index is 472. The van der Waals surface area contributed by atoms with E-state index < -0.39 is 0 Å². The number of aromatic nitrogens is 3. The van der Waals surface area contributed by atoms with Crippen LogP contribution in [0.2, 0.25) is 0 Å². The molecule has 0 aliphatic heterocycles. The maximum atomic E-state index is 5.81. The van der Waals surface area contributed by atoms with Gasteiger partial charge in [-0.3, -0.25) is 4.98 Å². The van der Waals surface area contributed by atoms with Gasteiger partial charge in [0.25, 0.3) is 0 Å². The van der Waals surface area contributed by atoms with Crippen LogP contribution in [0.25, 0.3) is 11.3 Å². The van der Waals surface area contributed by atoms with Crippen molar-refractivity contribution in [3.63, 3.8) is 0 Å². The van der Waals surface area contributed by atoms with Crippen molar-refractivity contribution >= 4 is 5.69 Å². The topological polar surface area (TPSA) is 73.9 Å². The predicted molar refractivity (Wildman–Crippen MR) is 56.2 cm³/mol. The molecule has 15 heavy (non-hydrogen) atoms. The monoisotopic (exact) mass is 202 g/mol. The van der Waals surface area contributed by atoms with E-state index in [2.05, 4.69) is 15.0 Å². The van der Waals surface area contributed by atoms with E-state index in [0.717, 1.165) is 5.56 Å². The Morgan fingerprint density at radius 1 is 1.20 bits per heavy atom. The van der Waals surface area contributed by atoms with Gasteiger partial charge in [-0.25, -0.2) is 9.97 Å². The van der Waals surface area contributed by atoms with Crippen molar-refractivity contribution in [3.8, 4) is 17.1 Å². The average molecular weight is 202 g/mol. The number of rotatable bonds is 2. The molecule has 0 saturated carbocycles. The first-order chi connectivity index (χ1) is 7.33. The first kappa shape index (κ1) is 9.39. The Balaban J connectivity index is 2.59. The molecule has 0 bridgehead atoms. The van der Waals surface area contributed by atoms with Crippen molar-refractivity contribution in [1.29, 1.82) is 0 Å². The second kappa shape index (κ2) is 3.91. The number of nitrogen functional groups attached to an aromatic ring is 1. The number of hydrogen-bond donors (Lipinski definition) is 1. The molecule has 76 valence electrons. The number of ether oxygens (including phenoxy) is 1. The molecule has 0 unspecified atom stereocenters. The zero-order valence-corrected chi connectivity index (χ0v) is 8.21. The highest BCUT2D eigenvalue weighted by molar-refractivity contribution is 5.75. The average Bonchev–Trinajstić information content (AvgIpc) is 2.30. The van der Waals surface area contributed by atoms with Crippen LogP contribution in [0, 0.1) is 0 Å². The summed E-state index contributed by atoms with van der Waals surface area (Å²) in [6, 6.07) is 1.71. The van der Waals surface area contributed by atoms with Crippen LogP contribution in [0.5, 0.6) is 5.88 Å². The highest BCUT2D eigenvalue weighted by Crippen LogP contribution is 2.28. The van der Waals surface area contributed by atoms with Gasteiger partial charge in [-0.05, 0) is 6.07 Å². The zero-order valence-electron chi connectivity index (χ0n) is 8.21. The molecule has 5 heteroatoms. The van der Waals surface area contributed by atoms with Crippen LogP contribution >= 0.6 is 0 Å². The summed E-state index contributed by atoms with van der Waals surface area (Å²) in [6.45, 7) is 0. The van der Waals surface area contributed by atoms with E-state index in [1.807, 2.05) is 0 Å². The van der Waals surface area contributed by atoms with Gasteiger partial charge in [0, 0.05) is 36.0 Å². The molecule has 2 rings (SSSR count). The predicted octanol–water partition coefficient (Wildman–Crippen LogP) is 1.13. The van der Waals surface area contributed by atoms with E-state index in [9.17, 15) is 0 Å². The Hall–Kier alpha value is -2.17. The molecule has 2 N–H and O–H groups in total. The fourth-order valence-electron chi connectivity index (χ4n) is 1.26. The second-order valence-corrected chi connectivity index (χ2v) is 2.88. The van der Waals surface area contributed by atoms with Crippen LogP contribution in [0.1, 0.15) is 0 Å². The maximum absolute atomic E-state index is 5.81. The molecule has 0 spiro atoms. The highest BCUT2D eigenvalue weighted by atomic mass is 16.5. The van der Waals surface area contributed by atoms with E-state index in [1.54, 1.807) is 38.0 Å². The normalized spacial score (nSPS) is 9.93. The summed E-state index contributed by atoms with van der Waals surface area (Å²) in [5.74, 6) is 0.442. The summed E-state index contributed by atoms with van der Waals surface area (Å²) in [7, 11) is 1.54. The van der Waals surface area contributed by atoms with Crippen molar-refractivity contribution < 1.29 is 4.74 Å². The Kier molecular flexibility index (Phi) is 2.45. The smallest absolute Gasteiger partial charge is 0.240 e. The lowest BCUT2D eigenvalue weighted by atomic mass is 10.2. The molecule has 0 atom stereocenters. The molecule has 0 amide bonds. The van der Waals surface area contributed by atoms with Gasteiger partial charge in [0.15, 0.2) is 0 Å².